The van der Waals surface area contributed by atoms with Gasteiger partial charge in [-0.1, -0.05) is 0 Å². The fourth-order valence-corrected chi connectivity index (χ4v) is 1.00. The normalized spacial score (nSPS) is 10.1. The highest BCUT2D eigenvalue weighted by atomic mass is 16.1. The van der Waals surface area contributed by atoms with Crippen LogP contribution in [0.15, 0.2) is 4.79 Å². The predicted molar refractivity (Wildman–Crippen MR) is 40.8 cm³/mol. The van der Waals surface area contributed by atoms with Crippen LogP contribution in [0.5, 0.6) is 0 Å². The van der Waals surface area contributed by atoms with Gasteiger partial charge in [0.1, 0.15) is 5.69 Å². The number of carbonyl (C=O) groups is 1. The molecule has 1 aromatic rings. The van der Waals surface area contributed by atoms with Gasteiger partial charge in [-0.2, -0.15) is 0 Å². The molecule has 1 heterocycles. The van der Waals surface area contributed by atoms with Crippen molar-refractivity contribution in [3.05, 3.63) is 21.6 Å². The number of Topliss-reactive ketones (excluding diaryl/α,β-unsaturated/α-hetero) is 1. The number of aromatic amines is 1. The van der Waals surface area contributed by atoms with Crippen molar-refractivity contribution >= 4 is 5.78 Å². The zero-order chi connectivity index (χ0) is 8.59. The number of hydrogen-bond acceptors (Lipinski definition) is 2. The molecular weight excluding hydrogens is 144 g/mol. The molecule has 4 heteroatoms. The first-order valence-electron chi connectivity index (χ1n) is 3.30. The number of rotatable bonds is 1. The molecule has 4 nitrogen and oxygen atoms in total. The Kier molecular flexibility index (Phi) is 1.68. The van der Waals surface area contributed by atoms with Crippen LogP contribution in [0, 0.1) is 6.92 Å². The summed E-state index contributed by atoms with van der Waals surface area (Å²) in [6, 6.07) is 0. The van der Waals surface area contributed by atoms with Gasteiger partial charge < -0.3 is 0 Å². The summed E-state index contributed by atoms with van der Waals surface area (Å²) in [6.45, 7) is 3.06. The van der Waals surface area contributed by atoms with Gasteiger partial charge in [0.15, 0.2) is 5.78 Å². The maximum atomic E-state index is 11.1. The topological polar surface area (TPSA) is 54.9 Å². The summed E-state index contributed by atoms with van der Waals surface area (Å²) in [4.78, 5) is 21.9. The largest absolute Gasteiger partial charge is 0.293 e. The molecule has 0 spiro atoms. The molecule has 60 valence electrons. The molecule has 11 heavy (non-hydrogen) atoms. The molecule has 0 radical (unpaired) electrons. The molecule has 0 aliphatic rings. The molecular formula is C7H10N2O2. The van der Waals surface area contributed by atoms with Crippen molar-refractivity contribution in [3.63, 3.8) is 0 Å². The third kappa shape index (κ3) is 1.11. The predicted octanol–water partition coefficient (Wildman–Crippen LogP) is 0.224. The van der Waals surface area contributed by atoms with E-state index >= 15 is 0 Å². The first-order chi connectivity index (χ1) is 5.04. The summed E-state index contributed by atoms with van der Waals surface area (Å²) in [5.74, 6) is -0.111. The molecule has 0 aromatic carbocycles. The van der Waals surface area contributed by atoms with Crippen molar-refractivity contribution < 1.29 is 4.79 Å². The van der Waals surface area contributed by atoms with Crippen molar-refractivity contribution in [2.75, 3.05) is 0 Å². The Labute approximate surface area is 63.8 Å². The quantitative estimate of drug-likeness (QED) is 0.588. The van der Waals surface area contributed by atoms with Crippen LogP contribution in [0.4, 0.5) is 0 Å². The van der Waals surface area contributed by atoms with Gasteiger partial charge in [-0.25, -0.2) is 0 Å². The number of aryl methyl sites for hydroxylation is 1. The standard InChI is InChI=1S/C7H10N2O2/c1-4-6(5(2)10)8-9(3)7(4)11/h8H,1-3H3. The van der Waals surface area contributed by atoms with Gasteiger partial charge in [0.05, 0.1) is 0 Å². The Hall–Kier alpha value is -1.32. The Balaban J connectivity index is 3.42. The maximum Gasteiger partial charge on any atom is 0.269 e. The lowest BCUT2D eigenvalue weighted by atomic mass is 10.2. The van der Waals surface area contributed by atoms with Gasteiger partial charge in [0, 0.05) is 19.5 Å². The number of hydrogen-bond donors (Lipinski definition) is 1. The molecule has 0 aliphatic carbocycles. The van der Waals surface area contributed by atoms with E-state index < -0.39 is 0 Å². The molecule has 0 amide bonds. The zero-order valence-corrected chi connectivity index (χ0v) is 6.76. The summed E-state index contributed by atoms with van der Waals surface area (Å²) in [5.41, 5.74) is 0.743. The fraction of sp³-hybridized carbons (Fsp3) is 0.429. The lowest BCUT2D eigenvalue weighted by Gasteiger charge is -1.88. The molecule has 0 saturated heterocycles. The minimum atomic E-state index is -0.143. The van der Waals surface area contributed by atoms with Gasteiger partial charge in [-0.05, 0) is 6.92 Å². The second kappa shape index (κ2) is 2.38. The van der Waals surface area contributed by atoms with Crippen LogP contribution in [0.3, 0.4) is 0 Å². The van der Waals surface area contributed by atoms with Crippen LogP contribution >= 0.6 is 0 Å². The highest BCUT2D eigenvalue weighted by Crippen LogP contribution is 1.98. The monoisotopic (exact) mass is 154 g/mol. The lowest BCUT2D eigenvalue weighted by Crippen LogP contribution is -2.12. The van der Waals surface area contributed by atoms with E-state index in [1.807, 2.05) is 0 Å². The minimum Gasteiger partial charge on any atom is -0.293 e. The van der Waals surface area contributed by atoms with Crippen molar-refractivity contribution in [3.8, 4) is 0 Å². The second-order valence-electron chi connectivity index (χ2n) is 2.53. The SMILES string of the molecule is CC(=O)c1[nH]n(C)c(=O)c1C. The number of carbonyl (C=O) groups excluding carboxylic acids is 1. The average Bonchev–Trinajstić information content (AvgIpc) is 2.17. The third-order valence-electron chi connectivity index (χ3n) is 1.63. The molecule has 0 saturated carbocycles. The van der Waals surface area contributed by atoms with Gasteiger partial charge in [0.25, 0.3) is 5.56 Å². The average molecular weight is 154 g/mol. The van der Waals surface area contributed by atoms with Crippen molar-refractivity contribution in [2.45, 2.75) is 13.8 Å². The number of H-pyrrole nitrogens is 1. The summed E-state index contributed by atoms with van der Waals surface area (Å²) >= 11 is 0. The molecule has 0 atom stereocenters. The van der Waals surface area contributed by atoms with Gasteiger partial charge in [-0.3, -0.25) is 19.4 Å². The zero-order valence-electron chi connectivity index (χ0n) is 6.76. The number of ketones is 1. The summed E-state index contributed by atoms with van der Waals surface area (Å²) in [7, 11) is 1.59. The van der Waals surface area contributed by atoms with E-state index in [0.29, 0.717) is 11.3 Å². The number of nitrogens with zero attached hydrogens (tertiary/aromatic N) is 1. The fourth-order valence-electron chi connectivity index (χ4n) is 1.00. The second-order valence-corrected chi connectivity index (χ2v) is 2.53. The molecule has 1 aromatic heterocycles. The molecule has 0 bridgehead atoms. The van der Waals surface area contributed by atoms with E-state index in [2.05, 4.69) is 5.10 Å². The van der Waals surface area contributed by atoms with Crippen molar-refractivity contribution in [1.82, 2.24) is 9.78 Å². The Morgan fingerprint density at radius 1 is 1.55 bits per heavy atom. The van der Waals surface area contributed by atoms with Crippen LogP contribution in [0.2, 0.25) is 0 Å². The Bertz CT molecular complexity index is 346. The highest BCUT2D eigenvalue weighted by molar-refractivity contribution is 5.93. The van der Waals surface area contributed by atoms with Crippen molar-refractivity contribution in [1.29, 1.82) is 0 Å². The summed E-state index contributed by atoms with van der Waals surface area (Å²) in [6.07, 6.45) is 0. The van der Waals surface area contributed by atoms with Gasteiger partial charge in [0.2, 0.25) is 0 Å². The number of nitrogens with one attached hydrogen (secondary N) is 1. The smallest absolute Gasteiger partial charge is 0.269 e. The molecule has 0 aliphatic heterocycles. The van der Waals surface area contributed by atoms with Gasteiger partial charge in [-0.15, -0.1) is 0 Å². The van der Waals surface area contributed by atoms with E-state index in [1.54, 1.807) is 14.0 Å². The molecule has 1 rings (SSSR count). The molecule has 1 N–H and O–H groups in total. The Morgan fingerprint density at radius 3 is 2.27 bits per heavy atom. The molecule has 0 fully saturated rings. The Morgan fingerprint density at radius 2 is 2.09 bits per heavy atom. The number of aromatic nitrogens is 2. The van der Waals surface area contributed by atoms with Gasteiger partial charge >= 0.3 is 0 Å². The first-order valence-corrected chi connectivity index (χ1v) is 3.30. The highest BCUT2D eigenvalue weighted by Gasteiger charge is 2.10. The van der Waals surface area contributed by atoms with E-state index in [1.165, 1.54) is 11.6 Å². The molecule has 0 unspecified atom stereocenters. The summed E-state index contributed by atoms with van der Waals surface area (Å²) < 4.78 is 1.30. The van der Waals surface area contributed by atoms with Crippen LogP contribution in [0.1, 0.15) is 23.0 Å². The minimum absolute atomic E-state index is 0.111. The van der Waals surface area contributed by atoms with E-state index in [9.17, 15) is 9.59 Å². The van der Waals surface area contributed by atoms with Crippen LogP contribution in [0.25, 0.3) is 0 Å². The first kappa shape index (κ1) is 7.78. The van der Waals surface area contributed by atoms with Crippen LogP contribution < -0.4 is 5.56 Å². The van der Waals surface area contributed by atoms with Crippen LogP contribution in [-0.4, -0.2) is 15.6 Å². The van der Waals surface area contributed by atoms with E-state index in [0.717, 1.165) is 0 Å². The van der Waals surface area contributed by atoms with Crippen LogP contribution in [-0.2, 0) is 7.05 Å². The van der Waals surface area contributed by atoms with E-state index in [-0.39, 0.29) is 11.3 Å². The van der Waals surface area contributed by atoms with Crippen molar-refractivity contribution in [2.24, 2.45) is 7.05 Å². The maximum absolute atomic E-state index is 11.1. The van der Waals surface area contributed by atoms with E-state index in [4.69, 9.17) is 0 Å². The lowest BCUT2D eigenvalue weighted by molar-refractivity contribution is 0.101. The summed E-state index contributed by atoms with van der Waals surface area (Å²) in [5, 5.41) is 2.67. The third-order valence-corrected chi connectivity index (χ3v) is 1.63.